The van der Waals surface area contributed by atoms with E-state index in [1.165, 1.54) is 0 Å². The van der Waals surface area contributed by atoms with Gasteiger partial charge in [-0.25, -0.2) is 9.97 Å². The van der Waals surface area contributed by atoms with Crippen molar-refractivity contribution in [1.82, 2.24) is 25.4 Å². The Morgan fingerprint density at radius 2 is 1.85 bits per heavy atom. The molecule has 3 rings (SSSR count). The van der Waals surface area contributed by atoms with Gasteiger partial charge in [0.1, 0.15) is 6.04 Å². The van der Waals surface area contributed by atoms with Crippen LogP contribution in [0.2, 0.25) is 0 Å². The maximum atomic E-state index is 12.3. The first-order valence-electron chi connectivity index (χ1n) is 8.83. The summed E-state index contributed by atoms with van der Waals surface area (Å²) >= 11 is 0. The van der Waals surface area contributed by atoms with Gasteiger partial charge in [-0.05, 0) is 12.0 Å². The number of benzene rings is 1. The Morgan fingerprint density at radius 1 is 1.11 bits per heavy atom. The Hall–Kier alpha value is -3.29. The molecule has 0 aliphatic carbocycles. The molecule has 1 aromatic carbocycles. The van der Waals surface area contributed by atoms with Crippen LogP contribution in [0.1, 0.15) is 32.2 Å². The van der Waals surface area contributed by atoms with Gasteiger partial charge in [0.05, 0.1) is 0 Å². The minimum atomic E-state index is -0.351. The molecule has 8 nitrogen and oxygen atoms in total. The van der Waals surface area contributed by atoms with E-state index in [1.807, 2.05) is 44.2 Å². The molecule has 2 aromatic heterocycles. The van der Waals surface area contributed by atoms with Gasteiger partial charge in [-0.2, -0.15) is 4.98 Å². The number of carbonyl (C=O) groups is 1. The topological polar surface area (TPSA) is 106 Å². The highest BCUT2D eigenvalue weighted by Crippen LogP contribution is 2.23. The third-order valence-corrected chi connectivity index (χ3v) is 3.92. The van der Waals surface area contributed by atoms with Gasteiger partial charge < -0.3 is 15.2 Å². The lowest BCUT2D eigenvalue weighted by molar-refractivity contribution is -0.122. The fourth-order valence-electron chi connectivity index (χ4n) is 2.50. The maximum absolute atomic E-state index is 12.3. The van der Waals surface area contributed by atoms with Crippen LogP contribution in [0.15, 0.2) is 53.3 Å². The van der Waals surface area contributed by atoms with Gasteiger partial charge >= 0.3 is 0 Å². The van der Waals surface area contributed by atoms with Crippen molar-refractivity contribution in [3.8, 4) is 11.4 Å². The summed E-state index contributed by atoms with van der Waals surface area (Å²) in [6.45, 7) is 4.42. The first-order valence-corrected chi connectivity index (χ1v) is 8.83. The van der Waals surface area contributed by atoms with Crippen molar-refractivity contribution in [2.45, 2.75) is 26.3 Å². The molecule has 27 heavy (non-hydrogen) atoms. The van der Waals surface area contributed by atoms with Crippen LogP contribution in [0.4, 0.5) is 5.95 Å². The predicted octanol–water partition coefficient (Wildman–Crippen LogP) is 2.84. The van der Waals surface area contributed by atoms with Crippen LogP contribution in [-0.4, -0.2) is 32.6 Å². The van der Waals surface area contributed by atoms with Crippen molar-refractivity contribution in [3.05, 3.63) is 54.7 Å². The van der Waals surface area contributed by atoms with Crippen LogP contribution >= 0.6 is 0 Å². The second kappa shape index (κ2) is 8.88. The minimum absolute atomic E-state index is 0.100. The second-order valence-corrected chi connectivity index (χ2v) is 6.36. The molecule has 2 N–H and O–H groups in total. The van der Waals surface area contributed by atoms with Gasteiger partial charge in [0.15, 0.2) is 0 Å². The Morgan fingerprint density at radius 3 is 2.56 bits per heavy atom. The van der Waals surface area contributed by atoms with Crippen molar-refractivity contribution < 1.29 is 9.32 Å². The smallest absolute Gasteiger partial charge is 0.249 e. The van der Waals surface area contributed by atoms with Crippen LogP contribution in [0.25, 0.3) is 11.4 Å². The summed E-state index contributed by atoms with van der Waals surface area (Å²) in [5, 5.41) is 10.0. The number of rotatable bonds is 8. The molecule has 8 heteroatoms. The SMILES string of the molecule is CC(C)[C@@H](NC(=O)CCNc1ncccn1)c1nc(-c2ccccc2)no1. The second-order valence-electron chi connectivity index (χ2n) is 6.36. The number of carbonyl (C=O) groups excluding carboxylic acids is 1. The lowest BCUT2D eigenvalue weighted by Crippen LogP contribution is -2.33. The molecule has 1 amide bonds. The monoisotopic (exact) mass is 366 g/mol. The first-order chi connectivity index (χ1) is 13.1. The number of nitrogens with zero attached hydrogens (tertiary/aromatic N) is 4. The molecule has 0 spiro atoms. The van der Waals surface area contributed by atoms with E-state index in [2.05, 4.69) is 30.7 Å². The van der Waals surface area contributed by atoms with Crippen LogP contribution < -0.4 is 10.6 Å². The maximum Gasteiger partial charge on any atom is 0.249 e. The summed E-state index contributed by atoms with van der Waals surface area (Å²) in [5.41, 5.74) is 0.869. The summed E-state index contributed by atoms with van der Waals surface area (Å²) < 4.78 is 5.41. The van der Waals surface area contributed by atoms with Gasteiger partial charge in [0, 0.05) is 30.9 Å². The average molecular weight is 366 g/mol. The van der Waals surface area contributed by atoms with E-state index in [0.29, 0.717) is 24.2 Å². The Balaban J connectivity index is 1.59. The molecule has 0 bridgehead atoms. The Labute approximate surface area is 157 Å². The van der Waals surface area contributed by atoms with Gasteiger partial charge in [-0.1, -0.05) is 49.3 Å². The van der Waals surface area contributed by atoms with Crippen molar-refractivity contribution in [2.75, 3.05) is 11.9 Å². The molecule has 1 atom stereocenters. The number of hydrogen-bond donors (Lipinski definition) is 2. The van der Waals surface area contributed by atoms with E-state index in [-0.39, 0.29) is 24.3 Å². The van der Waals surface area contributed by atoms with Crippen molar-refractivity contribution in [2.24, 2.45) is 5.92 Å². The highest BCUT2D eigenvalue weighted by Gasteiger charge is 2.24. The van der Waals surface area contributed by atoms with Crippen LogP contribution in [0.5, 0.6) is 0 Å². The van der Waals surface area contributed by atoms with E-state index in [0.717, 1.165) is 5.56 Å². The van der Waals surface area contributed by atoms with Crippen molar-refractivity contribution in [3.63, 3.8) is 0 Å². The largest absolute Gasteiger partial charge is 0.354 e. The molecule has 0 unspecified atom stereocenters. The molecule has 0 saturated heterocycles. The fraction of sp³-hybridized carbons (Fsp3) is 0.316. The molecule has 2 heterocycles. The zero-order valence-corrected chi connectivity index (χ0v) is 15.3. The zero-order valence-electron chi connectivity index (χ0n) is 15.3. The first kappa shape index (κ1) is 18.5. The molecule has 3 aromatic rings. The van der Waals surface area contributed by atoms with E-state index in [9.17, 15) is 4.79 Å². The number of amides is 1. The van der Waals surface area contributed by atoms with Crippen molar-refractivity contribution in [1.29, 1.82) is 0 Å². The standard InChI is InChI=1S/C19H22N6O2/c1-13(2)16(18-24-17(25-27-18)14-7-4-3-5-8-14)23-15(26)9-12-22-19-20-10-6-11-21-19/h3-8,10-11,13,16H,9,12H2,1-2H3,(H,23,26)(H,20,21,22)/t16-/m1/s1. The molecule has 0 aliphatic rings. The molecule has 0 radical (unpaired) electrons. The Kier molecular flexibility index (Phi) is 6.09. The molecule has 140 valence electrons. The quantitative estimate of drug-likeness (QED) is 0.631. The molecule has 0 aliphatic heterocycles. The molecule has 0 saturated carbocycles. The third kappa shape index (κ3) is 5.10. The third-order valence-electron chi connectivity index (χ3n) is 3.92. The van der Waals surface area contributed by atoms with Crippen LogP contribution in [0.3, 0.4) is 0 Å². The predicted molar refractivity (Wildman–Crippen MR) is 101 cm³/mol. The normalized spacial score (nSPS) is 12.0. The highest BCUT2D eigenvalue weighted by atomic mass is 16.5. The summed E-state index contributed by atoms with van der Waals surface area (Å²) in [7, 11) is 0. The number of aromatic nitrogens is 4. The summed E-state index contributed by atoms with van der Waals surface area (Å²) in [4.78, 5) is 24.9. The summed E-state index contributed by atoms with van der Waals surface area (Å²) in [5.74, 6) is 1.39. The average Bonchev–Trinajstić information content (AvgIpc) is 3.17. The van der Waals surface area contributed by atoms with Crippen LogP contribution in [-0.2, 0) is 4.79 Å². The van der Waals surface area contributed by atoms with Gasteiger partial charge in [0.2, 0.25) is 23.6 Å². The van der Waals surface area contributed by atoms with Gasteiger partial charge in [-0.15, -0.1) is 0 Å². The number of anilines is 1. The van der Waals surface area contributed by atoms with E-state index in [4.69, 9.17) is 4.52 Å². The van der Waals surface area contributed by atoms with E-state index >= 15 is 0 Å². The molecular weight excluding hydrogens is 344 g/mol. The minimum Gasteiger partial charge on any atom is -0.354 e. The Bertz CT molecular complexity index is 851. The zero-order chi connectivity index (χ0) is 19.1. The van der Waals surface area contributed by atoms with Gasteiger partial charge in [0.25, 0.3) is 0 Å². The summed E-state index contributed by atoms with van der Waals surface area (Å²) in [6, 6.07) is 11.0. The lowest BCUT2D eigenvalue weighted by atomic mass is 10.0. The molecule has 0 fully saturated rings. The van der Waals surface area contributed by atoms with Crippen molar-refractivity contribution >= 4 is 11.9 Å². The van der Waals surface area contributed by atoms with E-state index in [1.54, 1.807) is 18.5 Å². The summed E-state index contributed by atoms with van der Waals surface area (Å²) in [6.07, 6.45) is 3.56. The van der Waals surface area contributed by atoms with E-state index < -0.39 is 0 Å². The fourth-order valence-corrected chi connectivity index (χ4v) is 2.50. The number of nitrogens with one attached hydrogen (secondary N) is 2. The number of hydrogen-bond acceptors (Lipinski definition) is 7. The molecular formula is C19H22N6O2. The van der Waals surface area contributed by atoms with Gasteiger partial charge in [-0.3, -0.25) is 4.79 Å². The lowest BCUT2D eigenvalue weighted by Gasteiger charge is -2.18. The van der Waals surface area contributed by atoms with Crippen LogP contribution in [0, 0.1) is 5.92 Å². The highest BCUT2D eigenvalue weighted by molar-refractivity contribution is 5.76.